The number of unbranched alkanes of at least 4 members (excludes halogenated alkanes) is 1. The van der Waals surface area contributed by atoms with Gasteiger partial charge >= 0.3 is 0 Å². The number of hydrogen-bond acceptors (Lipinski definition) is 4. The molecule has 0 saturated heterocycles. The predicted molar refractivity (Wildman–Crippen MR) is 110 cm³/mol. The number of aryl methyl sites for hydroxylation is 1. The van der Waals surface area contributed by atoms with Crippen LogP contribution in [-0.4, -0.2) is 18.1 Å². The molecule has 0 aromatic heterocycles. The summed E-state index contributed by atoms with van der Waals surface area (Å²) in [4.78, 5) is 12.4. The van der Waals surface area contributed by atoms with Crippen molar-refractivity contribution >= 4 is 33.6 Å². The molecule has 0 aliphatic rings. The molecule has 0 radical (unpaired) electrons. The molecule has 1 amide bonds. The molecule has 2 aromatic carbocycles. The van der Waals surface area contributed by atoms with Gasteiger partial charge in [0.1, 0.15) is 11.6 Å². The van der Waals surface area contributed by atoms with Crippen LogP contribution < -0.4 is 10.1 Å². The highest BCUT2D eigenvalue weighted by Gasteiger charge is 2.12. The molecule has 0 aliphatic carbocycles. The summed E-state index contributed by atoms with van der Waals surface area (Å²) < 4.78 is 5.49. The van der Waals surface area contributed by atoms with Gasteiger partial charge in [0, 0.05) is 5.69 Å². The van der Waals surface area contributed by atoms with Crippen LogP contribution in [0.3, 0.4) is 0 Å². The highest BCUT2D eigenvalue weighted by Crippen LogP contribution is 2.35. The summed E-state index contributed by atoms with van der Waals surface area (Å²) in [7, 11) is 1.43. The van der Waals surface area contributed by atoms with E-state index in [0.29, 0.717) is 15.7 Å². The van der Waals surface area contributed by atoms with E-state index in [4.69, 9.17) is 4.74 Å². The first-order valence-electron chi connectivity index (χ1n) is 8.57. The second-order valence-corrected chi connectivity index (χ2v) is 6.83. The number of phenols is 1. The SMILES string of the molecule is CCCCc1ccc(NC(=O)/C(C#N)=C/c2cc(Br)c(O)c(OC)c2)cc1. The molecule has 0 atom stereocenters. The molecule has 27 heavy (non-hydrogen) atoms. The number of nitriles is 1. The summed E-state index contributed by atoms with van der Waals surface area (Å²) in [5, 5.41) is 21.9. The summed E-state index contributed by atoms with van der Waals surface area (Å²) in [6.07, 6.45) is 4.70. The number of methoxy groups -OCH3 is 1. The smallest absolute Gasteiger partial charge is 0.266 e. The van der Waals surface area contributed by atoms with Crippen molar-refractivity contribution in [2.75, 3.05) is 12.4 Å². The molecule has 2 N–H and O–H groups in total. The average molecular weight is 429 g/mol. The standard InChI is InChI=1S/C21H21BrN2O3/c1-3-4-5-14-6-8-17(9-7-14)24-21(26)16(13-23)10-15-11-18(22)20(25)19(12-15)27-2/h6-12,25H,3-5H2,1-2H3,(H,24,26)/b16-10+. The first kappa shape index (κ1) is 20.5. The molecule has 0 heterocycles. The van der Waals surface area contributed by atoms with Gasteiger partial charge < -0.3 is 15.2 Å². The Kier molecular flexibility index (Phi) is 7.44. The Labute approximate surface area is 167 Å². The van der Waals surface area contributed by atoms with Gasteiger partial charge in [-0.05, 0) is 70.2 Å². The third kappa shape index (κ3) is 5.60. The lowest BCUT2D eigenvalue weighted by Gasteiger charge is -2.08. The number of anilines is 1. The number of benzene rings is 2. The quantitative estimate of drug-likeness (QED) is 0.477. The summed E-state index contributed by atoms with van der Waals surface area (Å²) >= 11 is 3.22. The number of carbonyl (C=O) groups excluding carboxylic acids is 1. The van der Waals surface area contributed by atoms with Crippen LogP contribution in [0, 0.1) is 11.3 Å². The summed E-state index contributed by atoms with van der Waals surface area (Å²) in [6, 6.07) is 12.7. The minimum absolute atomic E-state index is 0.0410. The van der Waals surface area contributed by atoms with E-state index < -0.39 is 5.91 Å². The second kappa shape index (κ2) is 9.79. The Morgan fingerprint density at radius 3 is 2.63 bits per heavy atom. The maximum atomic E-state index is 12.4. The molecule has 5 nitrogen and oxygen atoms in total. The fourth-order valence-electron chi connectivity index (χ4n) is 2.48. The third-order valence-electron chi connectivity index (χ3n) is 3.98. The highest BCUT2D eigenvalue weighted by molar-refractivity contribution is 9.10. The van der Waals surface area contributed by atoms with Crippen LogP contribution in [0.4, 0.5) is 5.69 Å². The van der Waals surface area contributed by atoms with Crippen LogP contribution in [0.2, 0.25) is 0 Å². The number of ether oxygens (including phenoxy) is 1. The van der Waals surface area contributed by atoms with E-state index in [1.54, 1.807) is 12.1 Å². The van der Waals surface area contributed by atoms with E-state index in [9.17, 15) is 15.2 Å². The first-order valence-corrected chi connectivity index (χ1v) is 9.36. The van der Waals surface area contributed by atoms with E-state index in [-0.39, 0.29) is 17.1 Å². The van der Waals surface area contributed by atoms with E-state index in [1.165, 1.54) is 18.7 Å². The molecule has 0 saturated carbocycles. The van der Waals surface area contributed by atoms with Crippen molar-refractivity contribution in [2.24, 2.45) is 0 Å². The number of phenolic OH excluding ortho intramolecular Hbond substituents is 1. The maximum absolute atomic E-state index is 12.4. The number of aromatic hydroxyl groups is 1. The Balaban J connectivity index is 2.17. The monoisotopic (exact) mass is 428 g/mol. The Bertz CT molecular complexity index is 884. The third-order valence-corrected chi connectivity index (χ3v) is 4.58. The van der Waals surface area contributed by atoms with Gasteiger partial charge in [-0.2, -0.15) is 5.26 Å². The number of amides is 1. The van der Waals surface area contributed by atoms with Crippen molar-refractivity contribution in [1.29, 1.82) is 5.26 Å². The predicted octanol–water partition coefficient (Wildman–Crippen LogP) is 5.05. The van der Waals surface area contributed by atoms with Gasteiger partial charge in [-0.1, -0.05) is 25.5 Å². The van der Waals surface area contributed by atoms with Crippen LogP contribution in [0.1, 0.15) is 30.9 Å². The number of nitrogens with zero attached hydrogens (tertiary/aromatic N) is 1. The number of carbonyl (C=O) groups is 1. The van der Waals surface area contributed by atoms with Gasteiger partial charge in [0.25, 0.3) is 5.91 Å². The number of halogens is 1. The minimum Gasteiger partial charge on any atom is -0.503 e. The zero-order valence-electron chi connectivity index (χ0n) is 15.3. The minimum atomic E-state index is -0.498. The molecule has 0 unspecified atom stereocenters. The van der Waals surface area contributed by atoms with Crippen LogP contribution in [0.25, 0.3) is 6.08 Å². The van der Waals surface area contributed by atoms with Crippen molar-refractivity contribution < 1.29 is 14.6 Å². The normalized spacial score (nSPS) is 11.0. The van der Waals surface area contributed by atoms with Gasteiger partial charge in [0.05, 0.1) is 11.6 Å². The van der Waals surface area contributed by atoms with E-state index in [2.05, 4.69) is 28.2 Å². The molecule has 0 spiro atoms. The maximum Gasteiger partial charge on any atom is 0.266 e. The second-order valence-electron chi connectivity index (χ2n) is 5.98. The van der Waals surface area contributed by atoms with Crippen LogP contribution >= 0.6 is 15.9 Å². The Hall–Kier alpha value is -2.78. The van der Waals surface area contributed by atoms with Crippen molar-refractivity contribution in [3.05, 3.63) is 57.6 Å². The van der Waals surface area contributed by atoms with Crippen LogP contribution in [-0.2, 0) is 11.2 Å². The Morgan fingerprint density at radius 1 is 1.33 bits per heavy atom. The zero-order valence-corrected chi connectivity index (χ0v) is 16.8. The van der Waals surface area contributed by atoms with Crippen molar-refractivity contribution in [3.8, 4) is 17.6 Å². The molecular weight excluding hydrogens is 408 g/mol. The summed E-state index contributed by atoms with van der Waals surface area (Å²) in [5.41, 5.74) is 2.35. The molecular formula is C21H21BrN2O3. The van der Waals surface area contributed by atoms with Gasteiger partial charge in [-0.3, -0.25) is 4.79 Å². The van der Waals surface area contributed by atoms with Crippen LogP contribution in [0.15, 0.2) is 46.4 Å². The van der Waals surface area contributed by atoms with Crippen molar-refractivity contribution in [3.63, 3.8) is 0 Å². The largest absolute Gasteiger partial charge is 0.503 e. The van der Waals surface area contributed by atoms with E-state index in [1.807, 2.05) is 30.3 Å². The van der Waals surface area contributed by atoms with Crippen molar-refractivity contribution in [1.82, 2.24) is 0 Å². The molecule has 0 aliphatic heterocycles. The fraction of sp³-hybridized carbons (Fsp3) is 0.238. The molecule has 6 heteroatoms. The Morgan fingerprint density at radius 2 is 2.04 bits per heavy atom. The average Bonchev–Trinajstić information content (AvgIpc) is 2.67. The summed E-state index contributed by atoms with van der Waals surface area (Å²) in [5.74, 6) is -0.293. The first-order chi connectivity index (χ1) is 13.0. The molecule has 2 rings (SSSR count). The number of rotatable bonds is 7. The lowest BCUT2D eigenvalue weighted by molar-refractivity contribution is -0.112. The topological polar surface area (TPSA) is 82.4 Å². The number of hydrogen-bond donors (Lipinski definition) is 2. The lowest BCUT2D eigenvalue weighted by Crippen LogP contribution is -2.13. The van der Waals surface area contributed by atoms with Gasteiger partial charge in [-0.25, -0.2) is 0 Å². The molecule has 0 fully saturated rings. The molecule has 2 aromatic rings. The van der Waals surface area contributed by atoms with E-state index >= 15 is 0 Å². The van der Waals surface area contributed by atoms with Gasteiger partial charge in [-0.15, -0.1) is 0 Å². The van der Waals surface area contributed by atoms with E-state index in [0.717, 1.165) is 19.3 Å². The lowest BCUT2D eigenvalue weighted by atomic mass is 10.1. The highest BCUT2D eigenvalue weighted by atomic mass is 79.9. The van der Waals surface area contributed by atoms with Crippen LogP contribution in [0.5, 0.6) is 11.5 Å². The molecule has 0 bridgehead atoms. The summed E-state index contributed by atoms with van der Waals surface area (Å²) in [6.45, 7) is 2.15. The van der Waals surface area contributed by atoms with Gasteiger partial charge in [0.2, 0.25) is 0 Å². The van der Waals surface area contributed by atoms with Gasteiger partial charge in [0.15, 0.2) is 11.5 Å². The molecule has 140 valence electrons. The zero-order chi connectivity index (χ0) is 19.8. The van der Waals surface area contributed by atoms with Crippen molar-refractivity contribution in [2.45, 2.75) is 26.2 Å². The number of nitrogens with one attached hydrogen (secondary N) is 1. The fourth-order valence-corrected chi connectivity index (χ4v) is 2.94.